The van der Waals surface area contributed by atoms with Crippen molar-refractivity contribution < 1.29 is 19.1 Å². The standard InChI is InChI=1S/C29H32N2O4/c1-30-24(16-21-9-10-22(17-25(21)30)28(33)34-2)20-7-5-19(6-8-20)23-18-29(23)11-13-31(14-12-29)27(32)26-4-3-15-35-26/h5-10,16-17,23,26H,3-4,11-15,18H2,1-2H3. The van der Waals surface area contributed by atoms with Crippen LogP contribution in [0, 0.1) is 5.41 Å². The molecule has 1 saturated carbocycles. The summed E-state index contributed by atoms with van der Waals surface area (Å²) >= 11 is 0. The number of piperidine rings is 1. The van der Waals surface area contributed by atoms with E-state index >= 15 is 0 Å². The summed E-state index contributed by atoms with van der Waals surface area (Å²) in [6, 6.07) is 16.8. The Morgan fingerprint density at radius 2 is 1.83 bits per heavy atom. The van der Waals surface area contributed by atoms with Crippen molar-refractivity contribution in [3.63, 3.8) is 0 Å². The Morgan fingerprint density at radius 1 is 1.06 bits per heavy atom. The number of carbonyl (C=O) groups excluding carboxylic acids is 2. The number of aromatic nitrogens is 1. The molecule has 1 spiro atoms. The van der Waals surface area contributed by atoms with Crippen molar-refractivity contribution in [3.05, 3.63) is 59.7 Å². The van der Waals surface area contributed by atoms with Crippen LogP contribution >= 0.6 is 0 Å². The summed E-state index contributed by atoms with van der Waals surface area (Å²) in [5.74, 6) is 0.471. The van der Waals surface area contributed by atoms with Gasteiger partial charge in [-0.3, -0.25) is 4.79 Å². The first-order valence-corrected chi connectivity index (χ1v) is 12.7. The molecule has 6 rings (SSSR count). The normalized spacial score (nSPS) is 23.1. The lowest BCUT2D eigenvalue weighted by Crippen LogP contribution is -2.44. The topological polar surface area (TPSA) is 60.8 Å². The van der Waals surface area contributed by atoms with Crippen molar-refractivity contribution in [2.24, 2.45) is 12.5 Å². The van der Waals surface area contributed by atoms with Crippen LogP contribution in [0.15, 0.2) is 48.5 Å². The fourth-order valence-electron chi connectivity index (χ4n) is 6.26. The first-order valence-electron chi connectivity index (χ1n) is 12.7. The number of nitrogens with zero attached hydrogens (tertiary/aromatic N) is 2. The number of esters is 1. The summed E-state index contributed by atoms with van der Waals surface area (Å²) in [5.41, 5.74) is 5.62. The van der Waals surface area contributed by atoms with Gasteiger partial charge in [-0.25, -0.2) is 4.79 Å². The van der Waals surface area contributed by atoms with E-state index in [0.29, 0.717) is 16.9 Å². The van der Waals surface area contributed by atoms with Gasteiger partial charge in [-0.05, 0) is 72.8 Å². The van der Waals surface area contributed by atoms with E-state index in [-0.39, 0.29) is 18.0 Å². The van der Waals surface area contributed by atoms with Crippen molar-refractivity contribution in [3.8, 4) is 11.3 Å². The molecule has 3 aromatic rings. The summed E-state index contributed by atoms with van der Waals surface area (Å²) in [6.07, 6.45) is 5.07. The summed E-state index contributed by atoms with van der Waals surface area (Å²) in [5, 5.41) is 1.10. The van der Waals surface area contributed by atoms with Crippen LogP contribution < -0.4 is 0 Å². The van der Waals surface area contributed by atoms with Crippen LogP contribution in [0.3, 0.4) is 0 Å². The fraction of sp³-hybridized carbons (Fsp3) is 0.448. The number of rotatable bonds is 4. The molecular formula is C29H32N2O4. The largest absolute Gasteiger partial charge is 0.465 e. The minimum atomic E-state index is -0.320. The van der Waals surface area contributed by atoms with E-state index in [1.54, 1.807) is 0 Å². The molecule has 3 fully saturated rings. The van der Waals surface area contributed by atoms with Gasteiger partial charge < -0.3 is 18.9 Å². The number of fused-ring (bicyclic) bond motifs is 1. The second kappa shape index (κ2) is 8.52. The molecule has 2 aliphatic heterocycles. The van der Waals surface area contributed by atoms with E-state index in [0.717, 1.165) is 62.0 Å². The third-order valence-electron chi connectivity index (χ3n) is 8.54. The van der Waals surface area contributed by atoms with E-state index in [4.69, 9.17) is 9.47 Å². The molecule has 2 saturated heterocycles. The maximum absolute atomic E-state index is 12.7. The first-order chi connectivity index (χ1) is 17.0. The average Bonchev–Trinajstić information content (AvgIpc) is 3.22. The lowest BCUT2D eigenvalue weighted by atomic mass is 9.88. The average molecular weight is 473 g/mol. The van der Waals surface area contributed by atoms with Gasteiger partial charge in [0.15, 0.2) is 0 Å². The highest BCUT2D eigenvalue weighted by Crippen LogP contribution is 2.65. The molecule has 6 nitrogen and oxygen atoms in total. The first kappa shape index (κ1) is 22.4. The maximum Gasteiger partial charge on any atom is 0.337 e. The predicted molar refractivity (Wildman–Crippen MR) is 134 cm³/mol. The highest BCUT2D eigenvalue weighted by atomic mass is 16.5. The van der Waals surface area contributed by atoms with Gasteiger partial charge in [-0.2, -0.15) is 0 Å². The molecule has 2 aromatic carbocycles. The molecule has 0 radical (unpaired) electrons. The lowest BCUT2D eigenvalue weighted by molar-refractivity contribution is -0.142. The Labute approximate surface area is 205 Å². The number of likely N-dealkylation sites (tertiary alicyclic amines) is 1. The van der Waals surface area contributed by atoms with Crippen LogP contribution in [-0.2, 0) is 21.3 Å². The fourth-order valence-corrected chi connectivity index (χ4v) is 6.26. The Kier molecular flexibility index (Phi) is 5.44. The molecule has 3 aliphatic rings. The van der Waals surface area contributed by atoms with Crippen LogP contribution in [-0.4, -0.2) is 54.3 Å². The van der Waals surface area contributed by atoms with E-state index in [9.17, 15) is 9.59 Å². The van der Waals surface area contributed by atoms with E-state index in [1.165, 1.54) is 24.7 Å². The van der Waals surface area contributed by atoms with Gasteiger partial charge in [-0.1, -0.05) is 30.3 Å². The summed E-state index contributed by atoms with van der Waals surface area (Å²) in [6.45, 7) is 2.44. The molecule has 1 aromatic heterocycles. The number of hydrogen-bond donors (Lipinski definition) is 0. The molecule has 2 unspecified atom stereocenters. The SMILES string of the molecule is COC(=O)c1ccc2cc(-c3ccc(C4CC45CCN(C(=O)C4CCCO4)CC5)cc3)n(C)c2c1. The van der Waals surface area contributed by atoms with Crippen molar-refractivity contribution in [1.29, 1.82) is 0 Å². The third kappa shape index (κ3) is 3.84. The Bertz CT molecular complexity index is 1280. The zero-order chi connectivity index (χ0) is 24.2. The molecule has 0 bridgehead atoms. The quantitative estimate of drug-likeness (QED) is 0.507. The van der Waals surface area contributed by atoms with E-state index in [2.05, 4.69) is 34.9 Å². The highest BCUT2D eigenvalue weighted by molar-refractivity contribution is 5.96. The summed E-state index contributed by atoms with van der Waals surface area (Å²) in [4.78, 5) is 26.7. The Balaban J connectivity index is 1.15. The highest BCUT2D eigenvalue weighted by Gasteiger charge is 2.55. The molecule has 3 heterocycles. The number of benzene rings is 2. The predicted octanol–water partition coefficient (Wildman–Crippen LogP) is 4.91. The Hall–Kier alpha value is -3.12. The van der Waals surface area contributed by atoms with Crippen LogP contribution in [0.4, 0.5) is 0 Å². The van der Waals surface area contributed by atoms with E-state index in [1.807, 2.05) is 30.1 Å². The third-order valence-corrected chi connectivity index (χ3v) is 8.54. The van der Waals surface area contributed by atoms with Crippen LogP contribution in [0.2, 0.25) is 0 Å². The number of ether oxygens (including phenoxy) is 2. The van der Waals surface area contributed by atoms with Gasteiger partial charge >= 0.3 is 5.97 Å². The van der Waals surface area contributed by atoms with Crippen LogP contribution in [0.1, 0.15) is 53.9 Å². The summed E-state index contributed by atoms with van der Waals surface area (Å²) in [7, 11) is 3.44. The Morgan fingerprint density at radius 3 is 2.51 bits per heavy atom. The molecule has 6 heteroatoms. The van der Waals surface area contributed by atoms with Gasteiger partial charge in [-0.15, -0.1) is 0 Å². The van der Waals surface area contributed by atoms with Crippen LogP contribution in [0.25, 0.3) is 22.2 Å². The molecule has 182 valence electrons. The van der Waals surface area contributed by atoms with Gasteiger partial charge in [0.1, 0.15) is 6.10 Å². The molecule has 1 amide bonds. The van der Waals surface area contributed by atoms with Crippen molar-refractivity contribution in [1.82, 2.24) is 9.47 Å². The number of amides is 1. The number of carbonyl (C=O) groups is 2. The number of methoxy groups -OCH3 is 1. The smallest absolute Gasteiger partial charge is 0.337 e. The second-order valence-electron chi connectivity index (χ2n) is 10.4. The van der Waals surface area contributed by atoms with Gasteiger partial charge in [0.2, 0.25) is 0 Å². The maximum atomic E-state index is 12.7. The minimum absolute atomic E-state index is 0.201. The van der Waals surface area contributed by atoms with Gasteiger partial charge in [0, 0.05) is 43.3 Å². The number of hydrogen-bond acceptors (Lipinski definition) is 4. The molecular weight excluding hydrogens is 440 g/mol. The van der Waals surface area contributed by atoms with Crippen molar-refractivity contribution in [2.45, 2.75) is 44.1 Å². The monoisotopic (exact) mass is 472 g/mol. The molecule has 35 heavy (non-hydrogen) atoms. The molecule has 1 aliphatic carbocycles. The summed E-state index contributed by atoms with van der Waals surface area (Å²) < 4.78 is 12.6. The van der Waals surface area contributed by atoms with Gasteiger partial charge in [0.05, 0.1) is 12.7 Å². The van der Waals surface area contributed by atoms with E-state index < -0.39 is 0 Å². The van der Waals surface area contributed by atoms with Gasteiger partial charge in [0.25, 0.3) is 5.91 Å². The lowest BCUT2D eigenvalue weighted by Gasteiger charge is -2.34. The van der Waals surface area contributed by atoms with Crippen LogP contribution in [0.5, 0.6) is 0 Å². The zero-order valence-corrected chi connectivity index (χ0v) is 20.5. The number of aryl methyl sites for hydroxylation is 1. The minimum Gasteiger partial charge on any atom is -0.465 e. The molecule has 2 atom stereocenters. The van der Waals surface area contributed by atoms with Crippen molar-refractivity contribution >= 4 is 22.8 Å². The molecule has 0 N–H and O–H groups in total. The van der Waals surface area contributed by atoms with Crippen molar-refractivity contribution in [2.75, 3.05) is 26.8 Å². The second-order valence-corrected chi connectivity index (χ2v) is 10.4. The zero-order valence-electron chi connectivity index (χ0n) is 20.5.